The first-order valence-corrected chi connectivity index (χ1v) is 8.07. The van der Waals surface area contributed by atoms with Crippen molar-refractivity contribution in [2.24, 2.45) is 5.92 Å². The number of nitrogens with one attached hydrogen (secondary N) is 1. The zero-order chi connectivity index (χ0) is 15.3. The third kappa shape index (κ3) is 4.87. The Morgan fingerprint density at radius 2 is 2.15 bits per heavy atom. The summed E-state index contributed by atoms with van der Waals surface area (Å²) >= 11 is 1.59. The van der Waals surface area contributed by atoms with Crippen LogP contribution in [0.15, 0.2) is 5.38 Å². The van der Waals surface area contributed by atoms with Crippen molar-refractivity contribution < 1.29 is 9.90 Å². The number of nitrogens with zero attached hydrogens (tertiary/aromatic N) is 1. The van der Waals surface area contributed by atoms with Crippen molar-refractivity contribution in [3.8, 4) is 0 Å². The van der Waals surface area contributed by atoms with Crippen LogP contribution in [0.5, 0.6) is 0 Å². The minimum Gasteiger partial charge on any atom is -0.388 e. The maximum Gasteiger partial charge on any atom is 0.226 e. The normalized spacial score (nSPS) is 15.9. The van der Waals surface area contributed by atoms with Crippen LogP contribution in [0.25, 0.3) is 0 Å². The lowest BCUT2D eigenvalue weighted by Gasteiger charge is -2.29. The number of carbonyl (C=O) groups excluding carboxylic acids is 1. The molecule has 2 N–H and O–H groups in total. The van der Waals surface area contributed by atoms with Gasteiger partial charge in [-0.25, -0.2) is 4.98 Å². The average Bonchev–Trinajstić information content (AvgIpc) is 2.84. The van der Waals surface area contributed by atoms with E-state index in [2.05, 4.69) is 24.1 Å². The number of aliphatic hydroxyl groups is 1. The van der Waals surface area contributed by atoms with E-state index in [0.717, 1.165) is 17.1 Å². The fraction of sp³-hybridized carbons (Fsp3) is 0.733. The van der Waals surface area contributed by atoms with Crippen LogP contribution in [0.1, 0.15) is 57.7 Å². The van der Waals surface area contributed by atoms with Crippen molar-refractivity contribution in [2.45, 2.75) is 59.0 Å². The Balaban J connectivity index is 2.47. The number of rotatable bonds is 7. The minimum absolute atomic E-state index is 0.0887. The molecule has 0 aliphatic carbocycles. The Bertz CT molecular complexity index is 441. The summed E-state index contributed by atoms with van der Waals surface area (Å²) in [6, 6.07) is 0. The van der Waals surface area contributed by atoms with Crippen LogP contribution in [-0.4, -0.2) is 28.1 Å². The first kappa shape index (κ1) is 17.1. The molecule has 1 heterocycles. The van der Waals surface area contributed by atoms with Crippen molar-refractivity contribution in [2.75, 3.05) is 6.54 Å². The van der Waals surface area contributed by atoms with E-state index in [-0.39, 0.29) is 24.8 Å². The number of carbonyl (C=O) groups is 1. The van der Waals surface area contributed by atoms with Gasteiger partial charge in [0.25, 0.3) is 0 Å². The first-order valence-electron chi connectivity index (χ1n) is 7.19. The van der Waals surface area contributed by atoms with Gasteiger partial charge in [0.1, 0.15) is 0 Å². The number of thiazole rings is 1. The van der Waals surface area contributed by atoms with E-state index in [1.165, 1.54) is 0 Å². The molecule has 1 amide bonds. The van der Waals surface area contributed by atoms with Gasteiger partial charge in [-0.1, -0.05) is 34.1 Å². The molecule has 0 bridgehead atoms. The smallest absolute Gasteiger partial charge is 0.226 e. The zero-order valence-corrected chi connectivity index (χ0v) is 13.9. The second kappa shape index (κ2) is 7.18. The number of aromatic nitrogens is 1. The van der Waals surface area contributed by atoms with E-state index < -0.39 is 5.60 Å². The molecule has 0 aliphatic rings. The average molecular weight is 298 g/mol. The molecule has 20 heavy (non-hydrogen) atoms. The highest BCUT2D eigenvalue weighted by Crippen LogP contribution is 2.20. The van der Waals surface area contributed by atoms with E-state index in [1.807, 2.05) is 19.2 Å². The van der Waals surface area contributed by atoms with Crippen LogP contribution in [0.4, 0.5) is 0 Å². The third-order valence-electron chi connectivity index (χ3n) is 3.72. The van der Waals surface area contributed by atoms with Crippen LogP contribution in [0.3, 0.4) is 0 Å². The maximum absolute atomic E-state index is 11.9. The molecule has 0 radical (unpaired) electrons. The molecule has 0 aromatic carbocycles. The van der Waals surface area contributed by atoms with Gasteiger partial charge in [0, 0.05) is 17.8 Å². The number of hydrogen-bond donors (Lipinski definition) is 2. The molecule has 2 atom stereocenters. The third-order valence-corrected chi connectivity index (χ3v) is 4.92. The SMILES string of the molecule is CCC(C)C(C)(O)CNC(=O)Cc1csc(C(C)C)n1. The molecular formula is C15H26N2O2S. The van der Waals surface area contributed by atoms with Crippen LogP contribution in [-0.2, 0) is 11.2 Å². The highest BCUT2D eigenvalue weighted by atomic mass is 32.1. The van der Waals surface area contributed by atoms with Crippen molar-refractivity contribution in [3.05, 3.63) is 16.1 Å². The molecule has 4 nitrogen and oxygen atoms in total. The first-order chi connectivity index (χ1) is 9.26. The quantitative estimate of drug-likeness (QED) is 0.813. The predicted molar refractivity (Wildman–Crippen MR) is 83.0 cm³/mol. The Kier molecular flexibility index (Phi) is 6.14. The lowest BCUT2D eigenvalue weighted by molar-refractivity contribution is -0.122. The molecule has 0 aliphatic heterocycles. The summed E-state index contributed by atoms with van der Waals surface area (Å²) in [5.41, 5.74) is -0.0605. The van der Waals surface area contributed by atoms with E-state index >= 15 is 0 Å². The van der Waals surface area contributed by atoms with Crippen LogP contribution < -0.4 is 5.32 Å². The van der Waals surface area contributed by atoms with Crippen molar-refractivity contribution >= 4 is 17.2 Å². The number of hydrogen-bond acceptors (Lipinski definition) is 4. The van der Waals surface area contributed by atoms with Gasteiger partial charge in [-0.15, -0.1) is 11.3 Å². The molecule has 114 valence electrons. The lowest BCUT2D eigenvalue weighted by Crippen LogP contribution is -2.45. The summed E-state index contributed by atoms with van der Waals surface area (Å²) in [5, 5.41) is 16.0. The van der Waals surface area contributed by atoms with E-state index in [1.54, 1.807) is 18.3 Å². The van der Waals surface area contributed by atoms with Crippen molar-refractivity contribution in [1.29, 1.82) is 0 Å². The summed E-state index contributed by atoms with van der Waals surface area (Å²) in [5.74, 6) is 0.451. The molecule has 0 saturated heterocycles. The molecule has 0 saturated carbocycles. The van der Waals surface area contributed by atoms with Gasteiger partial charge in [0.2, 0.25) is 5.91 Å². The fourth-order valence-corrected chi connectivity index (χ4v) is 2.62. The van der Waals surface area contributed by atoms with Crippen LogP contribution in [0, 0.1) is 5.92 Å². The van der Waals surface area contributed by atoms with Gasteiger partial charge in [-0.2, -0.15) is 0 Å². The van der Waals surface area contributed by atoms with Gasteiger partial charge >= 0.3 is 0 Å². The van der Waals surface area contributed by atoms with Gasteiger partial charge in [0.15, 0.2) is 0 Å². The van der Waals surface area contributed by atoms with Crippen molar-refractivity contribution in [3.63, 3.8) is 0 Å². The Labute approximate surface area is 125 Å². The van der Waals surface area contributed by atoms with E-state index in [4.69, 9.17) is 0 Å². The van der Waals surface area contributed by atoms with Crippen LogP contribution >= 0.6 is 11.3 Å². The Morgan fingerprint density at radius 1 is 1.50 bits per heavy atom. The molecule has 0 spiro atoms. The fourth-order valence-electron chi connectivity index (χ4n) is 1.79. The molecule has 0 fully saturated rings. The highest BCUT2D eigenvalue weighted by Gasteiger charge is 2.27. The largest absolute Gasteiger partial charge is 0.388 e. The number of amides is 1. The van der Waals surface area contributed by atoms with E-state index in [0.29, 0.717) is 5.92 Å². The summed E-state index contributed by atoms with van der Waals surface area (Å²) in [6.07, 6.45) is 1.16. The molecule has 1 aromatic rings. The summed E-state index contributed by atoms with van der Waals surface area (Å²) in [7, 11) is 0. The minimum atomic E-state index is -0.865. The van der Waals surface area contributed by atoms with Crippen LogP contribution in [0.2, 0.25) is 0 Å². The summed E-state index contributed by atoms with van der Waals surface area (Å²) in [6.45, 7) is 10.2. The van der Waals surface area contributed by atoms with Gasteiger partial charge in [0.05, 0.1) is 22.7 Å². The lowest BCUT2D eigenvalue weighted by atomic mass is 9.88. The second-order valence-corrected chi connectivity index (χ2v) is 6.84. The highest BCUT2D eigenvalue weighted by molar-refractivity contribution is 7.09. The van der Waals surface area contributed by atoms with Gasteiger partial charge in [-0.3, -0.25) is 4.79 Å². The topological polar surface area (TPSA) is 62.2 Å². The summed E-state index contributed by atoms with van der Waals surface area (Å²) < 4.78 is 0. The molecule has 1 rings (SSSR count). The second-order valence-electron chi connectivity index (χ2n) is 5.95. The molecular weight excluding hydrogens is 272 g/mol. The molecule has 1 aromatic heterocycles. The maximum atomic E-state index is 11.9. The summed E-state index contributed by atoms with van der Waals surface area (Å²) in [4.78, 5) is 16.3. The van der Waals surface area contributed by atoms with Gasteiger partial charge < -0.3 is 10.4 Å². The standard InChI is InChI=1S/C15H26N2O2S/c1-6-11(4)15(5,19)9-16-13(18)7-12-8-20-14(17-12)10(2)3/h8,10-11,19H,6-7,9H2,1-5H3,(H,16,18). The molecule has 2 unspecified atom stereocenters. The predicted octanol–water partition coefficient (Wildman–Crippen LogP) is 2.72. The Morgan fingerprint density at radius 3 is 2.65 bits per heavy atom. The molecule has 5 heteroatoms. The van der Waals surface area contributed by atoms with E-state index in [9.17, 15) is 9.90 Å². The van der Waals surface area contributed by atoms with Crippen molar-refractivity contribution in [1.82, 2.24) is 10.3 Å². The van der Waals surface area contributed by atoms with Gasteiger partial charge in [-0.05, 0) is 12.8 Å². The Hall–Kier alpha value is -0.940. The zero-order valence-electron chi connectivity index (χ0n) is 13.1. The monoisotopic (exact) mass is 298 g/mol.